The van der Waals surface area contributed by atoms with Gasteiger partial charge in [0, 0.05) is 48.7 Å². The molecule has 0 aliphatic carbocycles. The SMILES string of the molecule is Cn1ccnc1[C@@H](O)[C@@H]1CCCN(Cc2cc(Cl)cs2)C1. The van der Waals surface area contributed by atoms with Crippen LogP contribution in [0.5, 0.6) is 0 Å². The summed E-state index contributed by atoms with van der Waals surface area (Å²) in [6.45, 7) is 2.91. The monoisotopic (exact) mass is 325 g/mol. The molecule has 2 aromatic heterocycles. The van der Waals surface area contributed by atoms with E-state index in [-0.39, 0.29) is 5.92 Å². The first-order valence-electron chi connectivity index (χ1n) is 7.24. The second-order valence-electron chi connectivity index (χ2n) is 5.71. The molecule has 0 unspecified atom stereocenters. The summed E-state index contributed by atoms with van der Waals surface area (Å²) >= 11 is 7.68. The maximum Gasteiger partial charge on any atom is 0.137 e. The number of nitrogens with zero attached hydrogens (tertiary/aromatic N) is 3. The van der Waals surface area contributed by atoms with Crippen molar-refractivity contribution in [1.29, 1.82) is 0 Å². The normalized spacial score (nSPS) is 21.6. The number of rotatable bonds is 4. The van der Waals surface area contributed by atoms with Crippen molar-refractivity contribution >= 4 is 22.9 Å². The summed E-state index contributed by atoms with van der Waals surface area (Å²) in [5, 5.41) is 13.4. The Balaban J connectivity index is 1.64. The fraction of sp³-hybridized carbons (Fsp3) is 0.533. The highest BCUT2D eigenvalue weighted by Gasteiger charge is 2.29. The van der Waals surface area contributed by atoms with Crippen LogP contribution >= 0.6 is 22.9 Å². The number of likely N-dealkylation sites (tertiary alicyclic amines) is 1. The van der Waals surface area contributed by atoms with Gasteiger partial charge in [0.15, 0.2) is 0 Å². The number of imidazole rings is 1. The summed E-state index contributed by atoms with van der Waals surface area (Å²) in [6, 6.07) is 2.03. The Bertz CT molecular complexity index is 597. The van der Waals surface area contributed by atoms with Crippen LogP contribution in [-0.2, 0) is 13.6 Å². The zero-order valence-corrected chi connectivity index (χ0v) is 13.6. The van der Waals surface area contributed by atoms with Crippen molar-refractivity contribution in [2.45, 2.75) is 25.5 Å². The third kappa shape index (κ3) is 3.48. The minimum absolute atomic E-state index is 0.246. The minimum Gasteiger partial charge on any atom is -0.385 e. The molecule has 3 heterocycles. The molecule has 1 aliphatic heterocycles. The fourth-order valence-electron chi connectivity index (χ4n) is 3.02. The summed E-state index contributed by atoms with van der Waals surface area (Å²) in [7, 11) is 1.93. The zero-order valence-electron chi connectivity index (χ0n) is 12.1. The van der Waals surface area contributed by atoms with Crippen LogP contribution in [0.1, 0.15) is 29.6 Å². The average Bonchev–Trinajstić information content (AvgIpc) is 3.07. The van der Waals surface area contributed by atoms with Gasteiger partial charge in [-0.2, -0.15) is 0 Å². The summed E-state index contributed by atoms with van der Waals surface area (Å²) in [6.07, 6.45) is 5.31. The quantitative estimate of drug-likeness (QED) is 0.939. The van der Waals surface area contributed by atoms with Crippen LogP contribution < -0.4 is 0 Å². The van der Waals surface area contributed by atoms with Crippen molar-refractivity contribution in [3.05, 3.63) is 39.6 Å². The van der Waals surface area contributed by atoms with Gasteiger partial charge >= 0.3 is 0 Å². The molecule has 1 N–H and O–H groups in total. The van der Waals surface area contributed by atoms with Gasteiger partial charge in [-0.25, -0.2) is 4.98 Å². The molecule has 2 aromatic rings. The van der Waals surface area contributed by atoms with E-state index in [2.05, 4.69) is 9.88 Å². The molecule has 2 atom stereocenters. The van der Waals surface area contributed by atoms with E-state index in [9.17, 15) is 5.11 Å². The second kappa shape index (κ2) is 6.48. The molecule has 0 bridgehead atoms. The molecule has 1 saturated heterocycles. The zero-order chi connectivity index (χ0) is 14.8. The van der Waals surface area contributed by atoms with E-state index in [1.54, 1.807) is 17.5 Å². The molecule has 3 rings (SSSR count). The van der Waals surface area contributed by atoms with E-state index in [1.165, 1.54) is 4.88 Å². The van der Waals surface area contributed by atoms with Crippen LogP contribution in [0.15, 0.2) is 23.8 Å². The van der Waals surface area contributed by atoms with Crippen molar-refractivity contribution in [2.24, 2.45) is 13.0 Å². The van der Waals surface area contributed by atoms with Gasteiger partial charge in [0.2, 0.25) is 0 Å². The Morgan fingerprint density at radius 2 is 2.43 bits per heavy atom. The van der Waals surface area contributed by atoms with Crippen LogP contribution in [0.4, 0.5) is 0 Å². The molecule has 0 radical (unpaired) electrons. The van der Waals surface area contributed by atoms with Gasteiger partial charge in [0.25, 0.3) is 0 Å². The third-order valence-corrected chi connectivity index (χ3v) is 5.38. The van der Waals surface area contributed by atoms with Crippen LogP contribution in [0.25, 0.3) is 0 Å². The van der Waals surface area contributed by atoms with Gasteiger partial charge < -0.3 is 9.67 Å². The topological polar surface area (TPSA) is 41.3 Å². The van der Waals surface area contributed by atoms with Crippen molar-refractivity contribution in [1.82, 2.24) is 14.5 Å². The molecule has 0 spiro atoms. The Morgan fingerprint density at radius 1 is 1.57 bits per heavy atom. The lowest BCUT2D eigenvalue weighted by Gasteiger charge is -2.34. The largest absolute Gasteiger partial charge is 0.385 e. The highest BCUT2D eigenvalue weighted by molar-refractivity contribution is 7.10. The van der Waals surface area contributed by atoms with E-state index in [4.69, 9.17) is 11.6 Å². The first-order chi connectivity index (χ1) is 10.1. The summed E-state index contributed by atoms with van der Waals surface area (Å²) in [5.74, 6) is 1.01. The predicted octanol–water partition coefficient (Wildman–Crippen LogP) is 3.08. The summed E-state index contributed by atoms with van der Waals surface area (Å²) in [4.78, 5) is 7.97. The van der Waals surface area contributed by atoms with Crippen LogP contribution in [0, 0.1) is 5.92 Å². The fourth-order valence-corrected chi connectivity index (χ4v) is 4.14. The first kappa shape index (κ1) is 15.0. The molecular formula is C15H20ClN3OS. The predicted molar refractivity (Wildman–Crippen MR) is 85.5 cm³/mol. The molecule has 1 aliphatic rings. The lowest BCUT2D eigenvalue weighted by Crippen LogP contribution is -2.37. The number of aliphatic hydroxyl groups excluding tert-OH is 1. The molecule has 0 aromatic carbocycles. The van der Waals surface area contributed by atoms with Gasteiger partial charge in [0.05, 0.1) is 5.02 Å². The number of thiophene rings is 1. The van der Waals surface area contributed by atoms with Crippen LogP contribution in [0.2, 0.25) is 5.02 Å². The molecule has 6 heteroatoms. The van der Waals surface area contributed by atoms with Gasteiger partial charge in [-0.1, -0.05) is 11.6 Å². The van der Waals surface area contributed by atoms with Crippen molar-refractivity contribution < 1.29 is 5.11 Å². The summed E-state index contributed by atoms with van der Waals surface area (Å²) < 4.78 is 1.91. The van der Waals surface area contributed by atoms with E-state index >= 15 is 0 Å². The number of hydrogen-bond acceptors (Lipinski definition) is 4. The van der Waals surface area contributed by atoms with Gasteiger partial charge in [-0.05, 0) is 25.5 Å². The molecule has 4 nitrogen and oxygen atoms in total. The van der Waals surface area contributed by atoms with E-state index in [1.807, 2.05) is 29.3 Å². The number of aryl methyl sites for hydroxylation is 1. The molecule has 0 saturated carbocycles. The van der Waals surface area contributed by atoms with Crippen LogP contribution in [-0.4, -0.2) is 32.6 Å². The summed E-state index contributed by atoms with van der Waals surface area (Å²) in [5.41, 5.74) is 0. The Labute approximate surface area is 134 Å². The lowest BCUT2D eigenvalue weighted by molar-refractivity contribution is 0.0408. The molecule has 1 fully saturated rings. The third-order valence-electron chi connectivity index (χ3n) is 4.11. The van der Waals surface area contributed by atoms with Crippen molar-refractivity contribution in [3.8, 4) is 0 Å². The van der Waals surface area contributed by atoms with Crippen molar-refractivity contribution in [2.75, 3.05) is 13.1 Å². The number of aromatic nitrogens is 2. The number of aliphatic hydroxyl groups is 1. The highest BCUT2D eigenvalue weighted by atomic mass is 35.5. The smallest absolute Gasteiger partial charge is 0.137 e. The standard InChI is InChI=1S/C15H20ClN3OS/c1-18-6-4-17-15(18)14(20)11-3-2-5-19(8-11)9-13-7-12(16)10-21-13/h4,6-7,10-11,14,20H,2-3,5,8-9H2,1H3/t11-,14+/m1/s1. The Hall–Kier alpha value is -0.880. The van der Waals surface area contributed by atoms with E-state index < -0.39 is 6.10 Å². The maximum absolute atomic E-state index is 10.6. The van der Waals surface area contributed by atoms with Gasteiger partial charge in [0.1, 0.15) is 11.9 Å². The minimum atomic E-state index is -0.486. The number of hydrogen-bond donors (Lipinski definition) is 1. The molecular weight excluding hydrogens is 306 g/mol. The lowest BCUT2D eigenvalue weighted by atomic mass is 9.92. The maximum atomic E-state index is 10.6. The molecule has 114 valence electrons. The van der Waals surface area contributed by atoms with Crippen LogP contribution in [0.3, 0.4) is 0 Å². The highest BCUT2D eigenvalue weighted by Crippen LogP contribution is 2.30. The number of halogens is 1. The Morgan fingerprint density at radius 3 is 3.10 bits per heavy atom. The molecule has 21 heavy (non-hydrogen) atoms. The van der Waals surface area contributed by atoms with E-state index in [0.717, 1.165) is 43.3 Å². The average molecular weight is 326 g/mol. The second-order valence-corrected chi connectivity index (χ2v) is 7.14. The number of piperidine rings is 1. The Kier molecular flexibility index (Phi) is 4.64. The molecule has 0 amide bonds. The van der Waals surface area contributed by atoms with Gasteiger partial charge in [-0.15, -0.1) is 11.3 Å². The first-order valence-corrected chi connectivity index (χ1v) is 8.50. The van der Waals surface area contributed by atoms with Crippen molar-refractivity contribution in [3.63, 3.8) is 0 Å². The van der Waals surface area contributed by atoms with E-state index in [0.29, 0.717) is 0 Å². The van der Waals surface area contributed by atoms with Gasteiger partial charge in [-0.3, -0.25) is 4.90 Å².